The van der Waals surface area contributed by atoms with Gasteiger partial charge in [-0.05, 0) is 13.3 Å². The number of H-pyrrole nitrogens is 1. The molecule has 2 rings (SSSR count). The first-order chi connectivity index (χ1) is 7.70. The number of aromatic amines is 1. The van der Waals surface area contributed by atoms with Crippen LogP contribution in [0.4, 0.5) is 10.8 Å². The van der Waals surface area contributed by atoms with Crippen molar-refractivity contribution >= 4 is 22.4 Å². The number of hydrogen-bond donors (Lipinski definition) is 1. The number of aryl methyl sites for hydroxylation is 2. The third-order valence-corrected chi connectivity index (χ3v) is 2.54. The van der Waals surface area contributed by atoms with Gasteiger partial charge in [0.2, 0.25) is 5.13 Å². The van der Waals surface area contributed by atoms with E-state index >= 15 is 0 Å². The van der Waals surface area contributed by atoms with Crippen LogP contribution in [0.1, 0.15) is 18.4 Å². The third-order valence-electron chi connectivity index (χ3n) is 1.85. The van der Waals surface area contributed by atoms with Crippen molar-refractivity contribution in [3.63, 3.8) is 0 Å². The molecule has 0 amide bonds. The van der Waals surface area contributed by atoms with Crippen LogP contribution in [0.15, 0.2) is 19.5 Å². The van der Waals surface area contributed by atoms with E-state index in [-0.39, 0.29) is 5.69 Å². The van der Waals surface area contributed by atoms with Gasteiger partial charge < -0.3 is 4.52 Å². The van der Waals surface area contributed by atoms with E-state index in [4.69, 9.17) is 0 Å². The monoisotopic (exact) mass is 239 g/mol. The van der Waals surface area contributed by atoms with Gasteiger partial charge in [0.15, 0.2) is 5.69 Å². The molecule has 0 aliphatic carbocycles. The van der Waals surface area contributed by atoms with Crippen LogP contribution in [-0.2, 0) is 6.42 Å². The molecule has 2 aromatic rings. The van der Waals surface area contributed by atoms with Crippen molar-refractivity contribution in [1.29, 1.82) is 0 Å². The highest BCUT2D eigenvalue weighted by atomic mass is 32.1. The van der Waals surface area contributed by atoms with Crippen LogP contribution in [0.5, 0.6) is 0 Å². The molecule has 0 aliphatic rings. The number of rotatable bonds is 3. The van der Waals surface area contributed by atoms with Crippen LogP contribution >= 0.6 is 11.5 Å². The standard InChI is InChI=1S/C8H9N5O2S/c1-3-5-6(7(14)15-12-5)10-11-8-9-4(2)13-16-8/h12H,3H2,1-2H3. The molecule has 0 saturated heterocycles. The second-order valence-electron chi connectivity index (χ2n) is 3.00. The molecule has 2 aromatic heterocycles. The summed E-state index contributed by atoms with van der Waals surface area (Å²) >= 11 is 1.13. The zero-order valence-corrected chi connectivity index (χ0v) is 9.54. The molecule has 0 radical (unpaired) electrons. The molecule has 84 valence electrons. The molecular formula is C8H9N5O2S. The number of azo groups is 1. The van der Waals surface area contributed by atoms with Gasteiger partial charge in [0.25, 0.3) is 0 Å². The van der Waals surface area contributed by atoms with Gasteiger partial charge in [-0.2, -0.15) is 4.37 Å². The number of nitrogens with zero attached hydrogens (tertiary/aromatic N) is 4. The average molecular weight is 239 g/mol. The summed E-state index contributed by atoms with van der Waals surface area (Å²) in [4.78, 5) is 15.2. The predicted octanol–water partition coefficient (Wildman–Crippen LogP) is 2.11. The minimum atomic E-state index is -0.526. The Balaban J connectivity index is 2.29. The van der Waals surface area contributed by atoms with E-state index < -0.39 is 5.63 Å². The van der Waals surface area contributed by atoms with Crippen LogP contribution < -0.4 is 5.63 Å². The second-order valence-corrected chi connectivity index (χ2v) is 3.73. The summed E-state index contributed by atoms with van der Waals surface area (Å²) < 4.78 is 8.56. The summed E-state index contributed by atoms with van der Waals surface area (Å²) in [5.74, 6) is 0.635. The van der Waals surface area contributed by atoms with Crippen LogP contribution in [0, 0.1) is 6.92 Å². The fraction of sp³-hybridized carbons (Fsp3) is 0.375. The Morgan fingerprint density at radius 3 is 2.94 bits per heavy atom. The third kappa shape index (κ3) is 2.06. The van der Waals surface area contributed by atoms with Gasteiger partial charge >= 0.3 is 5.63 Å². The van der Waals surface area contributed by atoms with Crippen molar-refractivity contribution in [3.8, 4) is 0 Å². The molecule has 0 bridgehead atoms. The van der Waals surface area contributed by atoms with Crippen LogP contribution in [-0.4, -0.2) is 14.5 Å². The highest BCUT2D eigenvalue weighted by molar-refractivity contribution is 7.09. The number of hydrogen-bond acceptors (Lipinski definition) is 7. The predicted molar refractivity (Wildman–Crippen MR) is 57.5 cm³/mol. The molecule has 0 atom stereocenters. The van der Waals surface area contributed by atoms with E-state index in [1.54, 1.807) is 6.92 Å². The SMILES string of the molecule is CCc1[nH]oc(=O)c1N=Nc1nc(C)ns1. The lowest BCUT2D eigenvalue weighted by Gasteiger charge is -1.86. The van der Waals surface area contributed by atoms with E-state index in [1.165, 1.54) is 0 Å². The minimum Gasteiger partial charge on any atom is -0.336 e. The van der Waals surface area contributed by atoms with Crippen molar-refractivity contribution in [2.75, 3.05) is 0 Å². The Kier molecular flexibility index (Phi) is 2.91. The molecule has 7 nitrogen and oxygen atoms in total. The highest BCUT2D eigenvalue weighted by Gasteiger charge is 2.09. The van der Waals surface area contributed by atoms with Crippen molar-refractivity contribution < 1.29 is 4.52 Å². The van der Waals surface area contributed by atoms with Gasteiger partial charge in [-0.15, -0.1) is 10.2 Å². The Morgan fingerprint density at radius 1 is 1.50 bits per heavy atom. The summed E-state index contributed by atoms with van der Waals surface area (Å²) in [7, 11) is 0. The molecule has 0 aromatic carbocycles. The molecule has 2 heterocycles. The topological polar surface area (TPSA) is 96.5 Å². The summed E-state index contributed by atoms with van der Waals surface area (Å²) in [5, 5.41) is 10.6. The summed E-state index contributed by atoms with van der Waals surface area (Å²) in [6, 6.07) is 0. The molecule has 1 N–H and O–H groups in total. The zero-order chi connectivity index (χ0) is 11.5. The van der Waals surface area contributed by atoms with Crippen molar-refractivity contribution in [2.24, 2.45) is 10.2 Å². The number of aromatic nitrogens is 3. The maximum absolute atomic E-state index is 11.2. The van der Waals surface area contributed by atoms with E-state index in [0.717, 1.165) is 11.5 Å². The Morgan fingerprint density at radius 2 is 2.31 bits per heavy atom. The lowest BCUT2D eigenvalue weighted by Crippen LogP contribution is -1.90. The van der Waals surface area contributed by atoms with Crippen LogP contribution in [0.2, 0.25) is 0 Å². The summed E-state index contributed by atoms with van der Waals surface area (Å²) in [6.07, 6.45) is 0.620. The smallest absolute Gasteiger partial charge is 0.336 e. The van der Waals surface area contributed by atoms with E-state index in [1.807, 2.05) is 6.92 Å². The Labute approximate surface area is 94.4 Å². The van der Waals surface area contributed by atoms with Crippen molar-refractivity contribution in [3.05, 3.63) is 21.9 Å². The molecule has 0 spiro atoms. The van der Waals surface area contributed by atoms with Gasteiger partial charge in [0, 0.05) is 11.5 Å². The van der Waals surface area contributed by atoms with E-state index in [0.29, 0.717) is 23.1 Å². The Hall–Kier alpha value is -1.83. The van der Waals surface area contributed by atoms with Crippen molar-refractivity contribution in [1.82, 2.24) is 14.5 Å². The van der Waals surface area contributed by atoms with Crippen molar-refractivity contribution in [2.45, 2.75) is 20.3 Å². The van der Waals surface area contributed by atoms with Gasteiger partial charge in [-0.3, -0.25) is 0 Å². The lowest BCUT2D eigenvalue weighted by molar-refractivity contribution is 0.386. The highest BCUT2D eigenvalue weighted by Crippen LogP contribution is 2.19. The fourth-order valence-corrected chi connectivity index (χ4v) is 1.59. The first kappa shape index (κ1) is 10.7. The van der Waals surface area contributed by atoms with Crippen LogP contribution in [0.3, 0.4) is 0 Å². The van der Waals surface area contributed by atoms with Gasteiger partial charge in [0.05, 0.1) is 5.69 Å². The summed E-state index contributed by atoms with van der Waals surface area (Å²) in [5.41, 5.74) is 0.284. The van der Waals surface area contributed by atoms with E-state index in [2.05, 4.69) is 29.3 Å². The molecule has 8 heteroatoms. The molecule has 0 saturated carbocycles. The molecule has 0 fully saturated rings. The normalized spacial score (nSPS) is 11.4. The summed E-state index contributed by atoms with van der Waals surface area (Å²) in [6.45, 7) is 3.65. The van der Waals surface area contributed by atoms with Gasteiger partial charge in [-0.1, -0.05) is 6.92 Å². The lowest BCUT2D eigenvalue weighted by atomic mass is 10.3. The van der Waals surface area contributed by atoms with Gasteiger partial charge in [-0.25, -0.2) is 14.9 Å². The quantitative estimate of drug-likeness (QED) is 0.829. The van der Waals surface area contributed by atoms with Gasteiger partial charge in [0.1, 0.15) is 5.82 Å². The van der Waals surface area contributed by atoms with Crippen LogP contribution in [0.25, 0.3) is 0 Å². The first-order valence-electron chi connectivity index (χ1n) is 4.63. The number of nitrogens with one attached hydrogen (secondary N) is 1. The Bertz CT molecular complexity index is 567. The largest absolute Gasteiger partial charge is 0.384 e. The molecule has 0 aliphatic heterocycles. The molecule has 16 heavy (non-hydrogen) atoms. The fourth-order valence-electron chi connectivity index (χ4n) is 1.09. The zero-order valence-electron chi connectivity index (χ0n) is 8.72. The minimum absolute atomic E-state index is 0.190. The molecule has 0 unspecified atom stereocenters. The molecular weight excluding hydrogens is 230 g/mol. The maximum atomic E-state index is 11.2. The van der Waals surface area contributed by atoms with E-state index in [9.17, 15) is 4.79 Å². The maximum Gasteiger partial charge on any atom is 0.384 e. The average Bonchev–Trinajstić information content (AvgIpc) is 2.82. The first-order valence-corrected chi connectivity index (χ1v) is 5.40. The second kappa shape index (κ2) is 4.35.